The van der Waals surface area contributed by atoms with Crippen LogP contribution < -0.4 is 4.74 Å². The largest absolute Gasteiger partial charge is 0.507 e. The molecule has 1 aromatic rings. The van der Waals surface area contributed by atoms with Gasteiger partial charge in [0, 0.05) is 11.5 Å². The second kappa shape index (κ2) is 6.99. The van der Waals surface area contributed by atoms with Crippen LogP contribution in [-0.4, -0.2) is 28.4 Å². The molecule has 0 aromatic heterocycles. The third-order valence-electron chi connectivity index (χ3n) is 10.4. The lowest BCUT2D eigenvalue weighted by Gasteiger charge is -2.45. The van der Waals surface area contributed by atoms with Crippen LogP contribution in [0.15, 0.2) is 0 Å². The molecule has 180 valence electrons. The zero-order valence-corrected chi connectivity index (χ0v) is 20.8. The van der Waals surface area contributed by atoms with Crippen LogP contribution in [-0.2, 0) is 0 Å². The Kier molecular flexibility index (Phi) is 4.82. The predicted molar refractivity (Wildman–Crippen MR) is 126 cm³/mol. The Hall–Kier alpha value is -2.04. The SMILES string of the molecule is CC(C)C[C@H]1c2c(O)c(C=O)c(O)c(C=O)c2O[C@]23CC[C@@]1(C)C2[C@H]1[C@@H](CC[C@@H]3C)C1(C)C. The number of carbonyl (C=O) groups is 2. The van der Waals surface area contributed by atoms with E-state index in [0.29, 0.717) is 53.5 Å². The van der Waals surface area contributed by atoms with Crippen LogP contribution >= 0.6 is 0 Å². The molecule has 5 nitrogen and oxygen atoms in total. The minimum Gasteiger partial charge on any atom is -0.507 e. The molecule has 0 amide bonds. The molecule has 1 heterocycles. The average molecular weight is 455 g/mol. The van der Waals surface area contributed by atoms with Crippen molar-refractivity contribution in [1.29, 1.82) is 0 Å². The summed E-state index contributed by atoms with van der Waals surface area (Å²) in [5.41, 5.74) is 0.0233. The van der Waals surface area contributed by atoms with Crippen LogP contribution in [0, 0.1) is 40.4 Å². The Labute approximate surface area is 196 Å². The molecule has 0 spiro atoms. The highest BCUT2D eigenvalue weighted by atomic mass is 16.5. The Morgan fingerprint density at radius 2 is 1.70 bits per heavy atom. The van der Waals surface area contributed by atoms with Gasteiger partial charge in [0.15, 0.2) is 12.6 Å². The van der Waals surface area contributed by atoms with Gasteiger partial charge in [0.25, 0.3) is 0 Å². The molecule has 1 aromatic carbocycles. The number of carbonyl (C=O) groups excluding carboxylic acids is 2. The van der Waals surface area contributed by atoms with Crippen LogP contribution in [0.2, 0.25) is 0 Å². The second-order valence-electron chi connectivity index (χ2n) is 12.7. The molecule has 3 fully saturated rings. The van der Waals surface area contributed by atoms with E-state index >= 15 is 0 Å². The van der Waals surface area contributed by atoms with Crippen LogP contribution in [0.25, 0.3) is 0 Å². The normalized spacial score (nSPS) is 40.0. The summed E-state index contributed by atoms with van der Waals surface area (Å²) in [6, 6.07) is 0. The fraction of sp³-hybridized carbons (Fsp3) is 0.714. The molecule has 7 atom stereocenters. The van der Waals surface area contributed by atoms with E-state index in [2.05, 4.69) is 41.5 Å². The van der Waals surface area contributed by atoms with Gasteiger partial charge in [0.1, 0.15) is 22.8 Å². The summed E-state index contributed by atoms with van der Waals surface area (Å²) in [7, 11) is 0. The first-order chi connectivity index (χ1) is 15.5. The van der Waals surface area contributed by atoms with Crippen LogP contribution in [0.4, 0.5) is 0 Å². The van der Waals surface area contributed by atoms with E-state index in [1.54, 1.807) is 0 Å². The Morgan fingerprint density at radius 1 is 1.03 bits per heavy atom. The van der Waals surface area contributed by atoms with E-state index in [0.717, 1.165) is 25.7 Å². The highest BCUT2D eigenvalue weighted by Crippen LogP contribution is 2.78. The Morgan fingerprint density at radius 3 is 2.30 bits per heavy atom. The van der Waals surface area contributed by atoms with Crippen LogP contribution in [0.3, 0.4) is 0 Å². The van der Waals surface area contributed by atoms with Crippen molar-refractivity contribution in [2.75, 3.05) is 0 Å². The lowest BCUT2D eigenvalue weighted by atomic mass is 9.60. The van der Waals surface area contributed by atoms with Crippen molar-refractivity contribution < 1.29 is 24.5 Å². The molecular formula is C28H38O5. The molecule has 2 bridgehead atoms. The monoisotopic (exact) mass is 454 g/mol. The van der Waals surface area contributed by atoms with Gasteiger partial charge in [-0.05, 0) is 72.5 Å². The minimum atomic E-state index is -0.471. The fourth-order valence-electron chi connectivity index (χ4n) is 8.68. The second-order valence-corrected chi connectivity index (χ2v) is 12.7. The lowest BCUT2D eigenvalue weighted by Crippen LogP contribution is -2.50. The van der Waals surface area contributed by atoms with Crippen LogP contribution in [0.1, 0.15) is 106 Å². The summed E-state index contributed by atoms with van der Waals surface area (Å²) in [5.74, 6) is 1.69. The van der Waals surface area contributed by atoms with E-state index in [1.807, 2.05) is 0 Å². The highest BCUT2D eigenvalue weighted by Gasteiger charge is 2.75. The van der Waals surface area contributed by atoms with Crippen molar-refractivity contribution in [1.82, 2.24) is 0 Å². The minimum absolute atomic E-state index is 0.00554. The van der Waals surface area contributed by atoms with E-state index in [-0.39, 0.29) is 33.6 Å². The van der Waals surface area contributed by atoms with Crippen molar-refractivity contribution in [2.45, 2.75) is 85.2 Å². The molecule has 4 aliphatic rings. The van der Waals surface area contributed by atoms with Gasteiger partial charge in [-0.25, -0.2) is 0 Å². The number of aromatic hydroxyl groups is 2. The smallest absolute Gasteiger partial charge is 0.157 e. The average Bonchev–Trinajstić information content (AvgIpc) is 3.21. The van der Waals surface area contributed by atoms with Crippen molar-refractivity contribution in [3.63, 3.8) is 0 Å². The van der Waals surface area contributed by atoms with E-state index < -0.39 is 11.4 Å². The molecule has 0 radical (unpaired) electrons. The number of aldehydes is 2. The molecule has 1 unspecified atom stereocenters. The van der Waals surface area contributed by atoms with E-state index in [9.17, 15) is 19.8 Å². The number of rotatable bonds is 4. The molecule has 33 heavy (non-hydrogen) atoms. The topological polar surface area (TPSA) is 83.8 Å². The highest BCUT2D eigenvalue weighted by molar-refractivity contribution is 5.95. The summed E-state index contributed by atoms with van der Waals surface area (Å²) < 4.78 is 7.02. The van der Waals surface area contributed by atoms with Gasteiger partial charge in [-0.3, -0.25) is 9.59 Å². The zero-order valence-electron chi connectivity index (χ0n) is 20.8. The predicted octanol–water partition coefficient (Wildman–Crippen LogP) is 6.10. The van der Waals surface area contributed by atoms with Crippen LogP contribution in [0.5, 0.6) is 17.2 Å². The Balaban J connectivity index is 1.85. The Bertz CT molecular complexity index is 1030. The van der Waals surface area contributed by atoms with Gasteiger partial charge in [-0.15, -0.1) is 0 Å². The third kappa shape index (κ3) is 2.71. The zero-order chi connectivity index (χ0) is 24.1. The summed E-state index contributed by atoms with van der Waals surface area (Å²) >= 11 is 0. The molecule has 2 N–H and O–H groups in total. The maximum atomic E-state index is 12.3. The van der Waals surface area contributed by atoms with Gasteiger partial charge >= 0.3 is 0 Å². The fourth-order valence-corrected chi connectivity index (χ4v) is 8.68. The number of hydrogen-bond donors (Lipinski definition) is 2. The number of phenolic OH excluding ortho intramolecular Hbond substituents is 2. The maximum absolute atomic E-state index is 12.3. The van der Waals surface area contributed by atoms with Gasteiger partial charge in [0.05, 0.1) is 11.1 Å². The first kappa shape index (κ1) is 22.7. The van der Waals surface area contributed by atoms with E-state index in [4.69, 9.17) is 4.74 Å². The van der Waals surface area contributed by atoms with E-state index in [1.165, 1.54) is 6.42 Å². The lowest BCUT2D eigenvalue weighted by molar-refractivity contribution is -0.0535. The van der Waals surface area contributed by atoms with Gasteiger partial charge in [-0.1, -0.05) is 41.5 Å². The summed E-state index contributed by atoms with van der Waals surface area (Å²) in [4.78, 5) is 24.1. The molecule has 1 aliphatic heterocycles. The first-order valence-electron chi connectivity index (χ1n) is 12.7. The van der Waals surface area contributed by atoms with Crippen molar-refractivity contribution in [2.24, 2.45) is 40.4 Å². The maximum Gasteiger partial charge on any atom is 0.157 e. The van der Waals surface area contributed by atoms with Crippen molar-refractivity contribution >= 4 is 12.6 Å². The standard InChI is InChI=1S/C28H38O5/c1-14(2)11-19-20-23(32)16(12-29)22(31)17(13-30)24(20)33-28-10-9-27(19,6)25(28)21-18(26(21,4)5)8-7-15(28)3/h12-15,18-19,21,25,31-32H,7-11H2,1-6H3/t15-,18+,19-,21+,25?,27+,28-/m0/s1. The third-order valence-corrected chi connectivity index (χ3v) is 10.4. The molecule has 0 saturated heterocycles. The number of benzene rings is 1. The summed E-state index contributed by atoms with van der Waals surface area (Å²) in [5, 5.41) is 22.1. The van der Waals surface area contributed by atoms with Crippen molar-refractivity contribution in [3.05, 3.63) is 16.7 Å². The molecule has 5 heteroatoms. The number of hydrogen-bond acceptors (Lipinski definition) is 5. The molecule has 3 saturated carbocycles. The summed E-state index contributed by atoms with van der Waals surface area (Å²) in [6.45, 7) is 13.8. The van der Waals surface area contributed by atoms with Gasteiger partial charge in [0.2, 0.25) is 0 Å². The molecule has 5 rings (SSSR count). The number of fused-ring (bicyclic) bond motifs is 2. The molecule has 3 aliphatic carbocycles. The van der Waals surface area contributed by atoms with Gasteiger partial charge < -0.3 is 14.9 Å². The summed E-state index contributed by atoms with van der Waals surface area (Å²) in [6.07, 6.45) is 6.03. The van der Waals surface area contributed by atoms with Gasteiger partial charge in [-0.2, -0.15) is 0 Å². The van der Waals surface area contributed by atoms with Crippen molar-refractivity contribution in [3.8, 4) is 17.2 Å². The first-order valence-corrected chi connectivity index (χ1v) is 12.7. The number of phenols is 2. The molecular weight excluding hydrogens is 416 g/mol. The number of ether oxygens (including phenoxy) is 1. The quantitative estimate of drug-likeness (QED) is 0.537.